The van der Waals surface area contributed by atoms with Crippen LogP contribution in [0.3, 0.4) is 0 Å². The first kappa shape index (κ1) is 16.1. The lowest BCUT2D eigenvalue weighted by atomic mass is 9.87. The Labute approximate surface area is 144 Å². The van der Waals surface area contributed by atoms with Crippen molar-refractivity contribution in [2.75, 3.05) is 26.3 Å². The third-order valence-corrected chi connectivity index (χ3v) is 5.69. The number of benzene rings is 1. The van der Waals surface area contributed by atoms with Gasteiger partial charge in [-0.1, -0.05) is 44.2 Å². The van der Waals surface area contributed by atoms with Gasteiger partial charge >= 0.3 is 0 Å². The molecular formula is C20H29N3O. The van der Waals surface area contributed by atoms with Gasteiger partial charge in [-0.15, -0.1) is 0 Å². The van der Waals surface area contributed by atoms with E-state index in [1.807, 2.05) is 0 Å². The van der Waals surface area contributed by atoms with Gasteiger partial charge in [-0.05, 0) is 24.5 Å². The zero-order valence-electron chi connectivity index (χ0n) is 14.6. The van der Waals surface area contributed by atoms with Crippen LogP contribution in [0.5, 0.6) is 0 Å². The molecule has 0 N–H and O–H groups in total. The van der Waals surface area contributed by atoms with Gasteiger partial charge in [0.1, 0.15) is 5.82 Å². The lowest BCUT2D eigenvalue weighted by Gasteiger charge is -2.27. The summed E-state index contributed by atoms with van der Waals surface area (Å²) in [5, 5.41) is 0. The maximum Gasteiger partial charge on any atom is 0.124 e. The average molecular weight is 327 g/mol. The Morgan fingerprint density at radius 1 is 1.04 bits per heavy atom. The van der Waals surface area contributed by atoms with Gasteiger partial charge in [-0.3, -0.25) is 4.90 Å². The lowest BCUT2D eigenvalue weighted by molar-refractivity contribution is 0.0326. The maximum atomic E-state index is 5.48. The molecule has 0 amide bonds. The number of hydrogen-bond acceptors (Lipinski definition) is 3. The Balaban J connectivity index is 1.52. The van der Waals surface area contributed by atoms with E-state index in [2.05, 4.69) is 33.7 Å². The summed E-state index contributed by atoms with van der Waals surface area (Å²) in [6, 6.07) is 8.61. The molecule has 1 aliphatic carbocycles. The predicted molar refractivity (Wildman–Crippen MR) is 97.0 cm³/mol. The van der Waals surface area contributed by atoms with Crippen molar-refractivity contribution in [1.29, 1.82) is 0 Å². The Morgan fingerprint density at radius 2 is 1.83 bits per heavy atom. The van der Waals surface area contributed by atoms with E-state index >= 15 is 0 Å². The van der Waals surface area contributed by atoms with Gasteiger partial charge in [0.05, 0.1) is 30.8 Å². The van der Waals surface area contributed by atoms with Crippen molar-refractivity contribution in [2.24, 2.45) is 5.92 Å². The van der Waals surface area contributed by atoms with Crippen molar-refractivity contribution >= 4 is 11.0 Å². The average Bonchev–Trinajstić information content (AvgIpc) is 2.99. The maximum absolute atomic E-state index is 5.48. The molecule has 4 rings (SSSR count). The molecule has 2 aliphatic rings. The Morgan fingerprint density at radius 3 is 2.67 bits per heavy atom. The molecule has 0 atom stereocenters. The van der Waals surface area contributed by atoms with E-state index in [0.717, 1.165) is 50.8 Å². The first-order valence-corrected chi connectivity index (χ1v) is 9.64. The molecule has 1 aliphatic heterocycles. The van der Waals surface area contributed by atoms with Crippen LogP contribution in [-0.2, 0) is 17.8 Å². The molecule has 1 aromatic carbocycles. The van der Waals surface area contributed by atoms with Gasteiger partial charge in [-0.25, -0.2) is 4.98 Å². The van der Waals surface area contributed by atoms with Crippen molar-refractivity contribution in [3.63, 3.8) is 0 Å². The molecule has 1 saturated carbocycles. The number of ether oxygens (including phenoxy) is 1. The number of imidazole rings is 1. The van der Waals surface area contributed by atoms with Gasteiger partial charge in [0.15, 0.2) is 0 Å². The quantitative estimate of drug-likeness (QED) is 0.836. The molecule has 4 nitrogen and oxygen atoms in total. The molecule has 4 heteroatoms. The van der Waals surface area contributed by atoms with Crippen molar-refractivity contribution < 1.29 is 4.74 Å². The zero-order chi connectivity index (χ0) is 16.2. The van der Waals surface area contributed by atoms with Crippen LogP contribution in [0.4, 0.5) is 0 Å². The molecule has 2 aromatic rings. The molecule has 1 aromatic heterocycles. The number of rotatable bonds is 5. The largest absolute Gasteiger partial charge is 0.379 e. The van der Waals surface area contributed by atoms with Gasteiger partial charge in [0.2, 0.25) is 0 Å². The molecule has 0 bridgehead atoms. The standard InChI is InChI=1S/C20H29N3O/c1-2-6-17(7-3-1)10-11-23-19-9-5-4-8-18(19)21-20(23)16-22-12-14-24-15-13-22/h4-5,8-9,17H,1-3,6-7,10-16H2. The first-order chi connectivity index (χ1) is 11.9. The zero-order valence-corrected chi connectivity index (χ0v) is 14.6. The van der Waals surface area contributed by atoms with Crippen LogP contribution in [-0.4, -0.2) is 40.8 Å². The van der Waals surface area contributed by atoms with Crippen molar-refractivity contribution in [2.45, 2.75) is 51.6 Å². The fourth-order valence-corrected chi connectivity index (χ4v) is 4.24. The third-order valence-electron chi connectivity index (χ3n) is 5.69. The summed E-state index contributed by atoms with van der Waals surface area (Å²) in [5.74, 6) is 2.14. The summed E-state index contributed by atoms with van der Waals surface area (Å²) >= 11 is 0. The Kier molecular flexibility index (Phi) is 5.14. The highest BCUT2D eigenvalue weighted by Gasteiger charge is 2.18. The molecule has 0 spiro atoms. The smallest absolute Gasteiger partial charge is 0.124 e. The lowest BCUT2D eigenvalue weighted by Crippen LogP contribution is -2.36. The van der Waals surface area contributed by atoms with Crippen LogP contribution >= 0.6 is 0 Å². The van der Waals surface area contributed by atoms with E-state index in [9.17, 15) is 0 Å². The van der Waals surface area contributed by atoms with Gasteiger partial charge in [0, 0.05) is 19.6 Å². The number of hydrogen-bond donors (Lipinski definition) is 0. The third kappa shape index (κ3) is 3.65. The van der Waals surface area contributed by atoms with Crippen molar-refractivity contribution in [3.8, 4) is 0 Å². The SMILES string of the molecule is c1ccc2c(c1)nc(CN1CCOCC1)n2CCC1CCCCC1. The minimum atomic E-state index is 0.850. The highest BCUT2D eigenvalue weighted by Crippen LogP contribution is 2.28. The summed E-state index contributed by atoms with van der Waals surface area (Å²) in [5.41, 5.74) is 2.45. The van der Waals surface area contributed by atoms with Crippen LogP contribution in [0, 0.1) is 5.92 Å². The number of aryl methyl sites for hydroxylation is 1. The summed E-state index contributed by atoms with van der Waals surface area (Å²) in [6.07, 6.45) is 8.44. The second-order valence-corrected chi connectivity index (χ2v) is 7.35. The van der Waals surface area contributed by atoms with Gasteiger partial charge in [-0.2, -0.15) is 0 Å². The second kappa shape index (κ2) is 7.66. The molecule has 24 heavy (non-hydrogen) atoms. The fraction of sp³-hybridized carbons (Fsp3) is 0.650. The summed E-state index contributed by atoms with van der Waals surface area (Å²) < 4.78 is 7.97. The first-order valence-electron chi connectivity index (χ1n) is 9.64. The molecule has 130 valence electrons. The highest BCUT2D eigenvalue weighted by molar-refractivity contribution is 5.75. The Bertz CT molecular complexity index is 654. The molecule has 0 unspecified atom stereocenters. The minimum absolute atomic E-state index is 0.850. The van der Waals surface area contributed by atoms with Crippen LogP contribution in [0.15, 0.2) is 24.3 Å². The van der Waals surface area contributed by atoms with Crippen molar-refractivity contribution in [1.82, 2.24) is 14.5 Å². The van der Waals surface area contributed by atoms with E-state index < -0.39 is 0 Å². The normalized spacial score (nSPS) is 20.7. The topological polar surface area (TPSA) is 30.3 Å². The van der Waals surface area contributed by atoms with E-state index in [-0.39, 0.29) is 0 Å². The van der Waals surface area contributed by atoms with E-state index in [0.29, 0.717) is 0 Å². The van der Waals surface area contributed by atoms with Crippen LogP contribution < -0.4 is 0 Å². The molecule has 2 fully saturated rings. The number of aromatic nitrogens is 2. The van der Waals surface area contributed by atoms with Crippen LogP contribution in [0.1, 0.15) is 44.3 Å². The molecule has 2 heterocycles. The number of fused-ring (bicyclic) bond motifs is 1. The number of para-hydroxylation sites is 2. The van der Waals surface area contributed by atoms with E-state index in [4.69, 9.17) is 9.72 Å². The van der Waals surface area contributed by atoms with E-state index in [1.54, 1.807) is 0 Å². The van der Waals surface area contributed by atoms with Crippen LogP contribution in [0.2, 0.25) is 0 Å². The predicted octanol–water partition coefficient (Wildman–Crippen LogP) is 3.84. The van der Waals surface area contributed by atoms with Crippen molar-refractivity contribution in [3.05, 3.63) is 30.1 Å². The molecule has 0 radical (unpaired) electrons. The Hall–Kier alpha value is -1.39. The summed E-state index contributed by atoms with van der Waals surface area (Å²) in [7, 11) is 0. The van der Waals surface area contributed by atoms with Crippen LogP contribution in [0.25, 0.3) is 11.0 Å². The minimum Gasteiger partial charge on any atom is -0.379 e. The highest BCUT2D eigenvalue weighted by atomic mass is 16.5. The monoisotopic (exact) mass is 327 g/mol. The second-order valence-electron chi connectivity index (χ2n) is 7.35. The molecular weight excluding hydrogens is 298 g/mol. The van der Waals surface area contributed by atoms with Gasteiger partial charge in [0.25, 0.3) is 0 Å². The number of nitrogens with zero attached hydrogens (tertiary/aromatic N) is 3. The van der Waals surface area contributed by atoms with E-state index in [1.165, 1.54) is 49.9 Å². The fourth-order valence-electron chi connectivity index (χ4n) is 4.24. The number of morpholine rings is 1. The van der Waals surface area contributed by atoms with Gasteiger partial charge < -0.3 is 9.30 Å². The summed E-state index contributed by atoms with van der Waals surface area (Å²) in [4.78, 5) is 7.43. The molecule has 1 saturated heterocycles. The summed E-state index contributed by atoms with van der Waals surface area (Å²) in [6.45, 7) is 5.80.